The van der Waals surface area contributed by atoms with Crippen molar-refractivity contribution in [1.82, 2.24) is 33.9 Å². The third kappa shape index (κ3) is 4.76. The van der Waals surface area contributed by atoms with E-state index in [4.69, 9.17) is 9.84 Å². The average Bonchev–Trinajstić information content (AvgIpc) is 3.53. The molecule has 1 aliphatic heterocycles. The van der Waals surface area contributed by atoms with Gasteiger partial charge in [-0.2, -0.15) is 14.3 Å². The van der Waals surface area contributed by atoms with E-state index in [9.17, 15) is 8.42 Å². The summed E-state index contributed by atoms with van der Waals surface area (Å²) < 4.78 is 33.4. The lowest BCUT2D eigenvalue weighted by Crippen LogP contribution is -2.28. The molecule has 12 nitrogen and oxygen atoms in total. The van der Waals surface area contributed by atoms with E-state index in [2.05, 4.69) is 44.5 Å². The van der Waals surface area contributed by atoms with E-state index in [1.54, 1.807) is 12.3 Å². The van der Waals surface area contributed by atoms with E-state index < -0.39 is 10.0 Å². The van der Waals surface area contributed by atoms with Crippen LogP contribution in [0.2, 0.25) is 0 Å². The maximum atomic E-state index is 12.5. The van der Waals surface area contributed by atoms with Gasteiger partial charge in [0.05, 0.1) is 34.1 Å². The van der Waals surface area contributed by atoms with E-state index >= 15 is 0 Å². The van der Waals surface area contributed by atoms with Gasteiger partial charge in [0, 0.05) is 43.8 Å². The first-order chi connectivity index (χ1) is 17.9. The van der Waals surface area contributed by atoms with Gasteiger partial charge in [0.2, 0.25) is 0 Å². The van der Waals surface area contributed by atoms with E-state index in [0.29, 0.717) is 41.9 Å². The molecule has 0 bridgehead atoms. The molecule has 6 rings (SSSR count). The average molecular weight is 524 g/mol. The largest absolute Gasteiger partial charge is 0.381 e. The molecule has 5 heterocycles. The zero-order valence-electron chi connectivity index (χ0n) is 20.7. The molecule has 37 heavy (non-hydrogen) atoms. The van der Waals surface area contributed by atoms with E-state index in [-0.39, 0.29) is 11.3 Å². The first kappa shape index (κ1) is 23.8. The SMILES string of the molecule is CC(C)n1nc(NC2CCOCC2)c2cnc(Nc3ccnc(-c4cnn(S(=O)(=O)C5CC5)c4)n3)cc21. The molecule has 0 amide bonds. The number of pyridine rings is 1. The third-order valence-electron chi connectivity index (χ3n) is 6.58. The van der Waals surface area contributed by atoms with Crippen molar-refractivity contribution in [3.05, 3.63) is 36.9 Å². The van der Waals surface area contributed by atoms with Crippen molar-refractivity contribution in [3.63, 3.8) is 0 Å². The molecule has 1 saturated heterocycles. The van der Waals surface area contributed by atoms with Gasteiger partial charge < -0.3 is 15.4 Å². The minimum atomic E-state index is -3.45. The van der Waals surface area contributed by atoms with E-state index in [1.807, 2.05) is 16.9 Å². The lowest BCUT2D eigenvalue weighted by atomic mass is 10.1. The van der Waals surface area contributed by atoms with Crippen LogP contribution in [0.15, 0.2) is 36.9 Å². The summed E-state index contributed by atoms with van der Waals surface area (Å²) in [5, 5.41) is 16.3. The molecule has 1 saturated carbocycles. The van der Waals surface area contributed by atoms with Crippen LogP contribution in [0.5, 0.6) is 0 Å². The number of aromatic nitrogens is 7. The zero-order chi connectivity index (χ0) is 25.6. The number of fused-ring (bicyclic) bond motifs is 1. The van der Waals surface area contributed by atoms with Crippen molar-refractivity contribution in [2.24, 2.45) is 0 Å². The second kappa shape index (κ2) is 9.38. The Balaban J connectivity index is 1.25. The molecule has 4 aromatic heterocycles. The van der Waals surface area contributed by atoms with Crippen LogP contribution in [-0.2, 0) is 14.8 Å². The standard InChI is InChI=1S/C24H29N9O3S/c1-15(2)33-20-11-22(26-13-19(20)24(31-33)28-17-6-9-36-10-7-17)29-21-5-8-25-23(30-21)16-12-27-32(14-16)37(34,35)18-3-4-18/h5,8,11-15,17-18H,3-4,6-7,9-10H2,1-2H3,(H,28,31)(H,25,26,29,30). The maximum absolute atomic E-state index is 12.5. The maximum Gasteiger partial charge on any atom is 0.256 e. The van der Waals surface area contributed by atoms with Gasteiger partial charge in [-0.15, -0.1) is 0 Å². The fraction of sp³-hybridized carbons (Fsp3) is 0.458. The van der Waals surface area contributed by atoms with Crippen molar-refractivity contribution in [1.29, 1.82) is 0 Å². The summed E-state index contributed by atoms with van der Waals surface area (Å²) in [6.07, 6.45) is 9.61. The topological polar surface area (TPSA) is 142 Å². The van der Waals surface area contributed by atoms with Gasteiger partial charge in [-0.3, -0.25) is 4.68 Å². The Morgan fingerprint density at radius 3 is 2.65 bits per heavy atom. The molecule has 1 aliphatic carbocycles. The summed E-state index contributed by atoms with van der Waals surface area (Å²) in [5.41, 5.74) is 1.49. The number of anilines is 3. The van der Waals surface area contributed by atoms with Gasteiger partial charge >= 0.3 is 0 Å². The van der Waals surface area contributed by atoms with E-state index in [0.717, 1.165) is 46.9 Å². The Morgan fingerprint density at radius 2 is 1.89 bits per heavy atom. The lowest BCUT2D eigenvalue weighted by Gasteiger charge is -2.23. The minimum absolute atomic E-state index is 0.164. The monoisotopic (exact) mass is 523 g/mol. The summed E-state index contributed by atoms with van der Waals surface area (Å²) in [4.78, 5) is 13.5. The minimum Gasteiger partial charge on any atom is -0.381 e. The second-order valence-electron chi connectivity index (χ2n) is 9.74. The van der Waals surface area contributed by atoms with Crippen molar-refractivity contribution < 1.29 is 13.2 Å². The second-order valence-corrected chi connectivity index (χ2v) is 11.8. The van der Waals surface area contributed by atoms with Crippen LogP contribution >= 0.6 is 0 Å². The highest BCUT2D eigenvalue weighted by molar-refractivity contribution is 7.90. The van der Waals surface area contributed by atoms with Gasteiger partial charge in [-0.05, 0) is 45.6 Å². The van der Waals surface area contributed by atoms with Crippen molar-refractivity contribution in [2.75, 3.05) is 23.8 Å². The number of hydrogen-bond donors (Lipinski definition) is 2. The van der Waals surface area contributed by atoms with Gasteiger partial charge in [-0.25, -0.2) is 23.4 Å². The molecule has 0 unspecified atom stereocenters. The Labute approximate surface area is 214 Å². The number of nitrogens with zero attached hydrogens (tertiary/aromatic N) is 7. The van der Waals surface area contributed by atoms with Crippen LogP contribution in [-0.4, -0.2) is 66.8 Å². The molecule has 0 atom stereocenters. The van der Waals surface area contributed by atoms with E-state index in [1.165, 1.54) is 12.4 Å². The molecule has 0 aromatic carbocycles. The summed E-state index contributed by atoms with van der Waals surface area (Å²) >= 11 is 0. The number of ether oxygens (including phenoxy) is 1. The molecule has 2 fully saturated rings. The van der Waals surface area contributed by atoms with Crippen LogP contribution in [0, 0.1) is 0 Å². The summed E-state index contributed by atoms with van der Waals surface area (Å²) in [6, 6.07) is 4.18. The molecule has 0 spiro atoms. The Kier molecular flexibility index (Phi) is 6.03. The molecule has 194 valence electrons. The smallest absolute Gasteiger partial charge is 0.256 e. The summed E-state index contributed by atoms with van der Waals surface area (Å²) in [6.45, 7) is 5.70. The first-order valence-electron chi connectivity index (χ1n) is 12.5. The van der Waals surface area contributed by atoms with Crippen molar-refractivity contribution in [2.45, 2.75) is 56.9 Å². The molecule has 0 radical (unpaired) electrons. The normalized spacial score (nSPS) is 16.9. The molecule has 13 heteroatoms. The van der Waals surface area contributed by atoms with Crippen molar-refractivity contribution in [3.8, 4) is 11.4 Å². The Morgan fingerprint density at radius 1 is 1.08 bits per heavy atom. The fourth-order valence-corrected chi connectivity index (χ4v) is 5.89. The van der Waals surface area contributed by atoms with Crippen LogP contribution in [0.4, 0.5) is 17.5 Å². The van der Waals surface area contributed by atoms with Gasteiger partial charge in [0.1, 0.15) is 11.6 Å². The predicted molar refractivity (Wildman–Crippen MR) is 139 cm³/mol. The number of nitrogens with one attached hydrogen (secondary N) is 2. The Bertz CT molecular complexity index is 1540. The number of hydrogen-bond acceptors (Lipinski definition) is 10. The highest BCUT2D eigenvalue weighted by atomic mass is 32.2. The molecule has 2 N–H and O–H groups in total. The van der Waals surface area contributed by atoms with Gasteiger partial charge in [0.25, 0.3) is 10.0 Å². The van der Waals surface area contributed by atoms with Gasteiger partial charge in [-0.1, -0.05) is 0 Å². The summed E-state index contributed by atoms with van der Waals surface area (Å²) in [7, 11) is -3.45. The predicted octanol–water partition coefficient (Wildman–Crippen LogP) is 3.34. The van der Waals surface area contributed by atoms with Gasteiger partial charge in [0.15, 0.2) is 11.6 Å². The van der Waals surface area contributed by atoms with Crippen molar-refractivity contribution >= 4 is 38.4 Å². The highest BCUT2D eigenvalue weighted by Crippen LogP contribution is 2.31. The molecular formula is C24H29N9O3S. The lowest BCUT2D eigenvalue weighted by molar-refractivity contribution is 0.0904. The highest BCUT2D eigenvalue weighted by Gasteiger charge is 2.37. The molecule has 4 aromatic rings. The van der Waals surface area contributed by atoms with Crippen LogP contribution in [0.25, 0.3) is 22.3 Å². The zero-order valence-corrected chi connectivity index (χ0v) is 21.5. The van der Waals surface area contributed by atoms with Crippen LogP contribution in [0.1, 0.15) is 45.6 Å². The molecular weight excluding hydrogens is 494 g/mol. The van der Waals surface area contributed by atoms with Crippen LogP contribution in [0.3, 0.4) is 0 Å². The number of rotatable bonds is 8. The van der Waals surface area contributed by atoms with Crippen LogP contribution < -0.4 is 10.6 Å². The third-order valence-corrected chi connectivity index (χ3v) is 8.61. The fourth-order valence-electron chi connectivity index (χ4n) is 4.41. The molecule has 2 aliphatic rings. The first-order valence-corrected chi connectivity index (χ1v) is 14.0. The quantitative estimate of drug-likeness (QED) is 0.353. The Hall–Kier alpha value is -3.58. The summed E-state index contributed by atoms with van der Waals surface area (Å²) in [5.74, 6) is 2.35.